The third kappa shape index (κ3) is 5.84. The zero-order valence-electron chi connectivity index (χ0n) is 15.6. The summed E-state index contributed by atoms with van der Waals surface area (Å²) in [5.41, 5.74) is 2.42. The number of nitrogens with one attached hydrogen (secondary N) is 2. The molecule has 0 unspecified atom stereocenters. The molecule has 2 N–H and O–H groups in total. The van der Waals surface area contributed by atoms with Gasteiger partial charge in [0, 0.05) is 30.9 Å². The van der Waals surface area contributed by atoms with Crippen molar-refractivity contribution in [2.45, 2.75) is 32.2 Å². The molecule has 1 saturated heterocycles. The van der Waals surface area contributed by atoms with Crippen LogP contribution in [-0.2, 0) is 11.3 Å². The minimum absolute atomic E-state index is 0.121. The summed E-state index contributed by atoms with van der Waals surface area (Å²) in [6.45, 7) is 2.45. The zero-order chi connectivity index (χ0) is 18.9. The fraction of sp³-hybridized carbons (Fsp3) is 0.364. The zero-order valence-corrected chi connectivity index (χ0v) is 15.6. The molecule has 2 amide bonds. The minimum Gasteiger partial charge on any atom is -0.376 e. The molecule has 3 rings (SSSR count). The van der Waals surface area contributed by atoms with Crippen LogP contribution >= 0.6 is 0 Å². The molecule has 1 heterocycles. The van der Waals surface area contributed by atoms with Gasteiger partial charge in [-0.2, -0.15) is 0 Å². The predicted octanol–water partition coefficient (Wildman–Crippen LogP) is 3.43. The SMILES string of the molecule is O=C(NCc1ccccc1)c1cccc(NCC(=O)N2CCCCCC2)c1. The van der Waals surface area contributed by atoms with E-state index in [4.69, 9.17) is 0 Å². The van der Waals surface area contributed by atoms with Crippen LogP contribution in [0.15, 0.2) is 54.6 Å². The maximum Gasteiger partial charge on any atom is 0.251 e. The molecule has 0 atom stereocenters. The maximum absolute atomic E-state index is 12.4. The Morgan fingerprint density at radius 1 is 0.889 bits per heavy atom. The molecule has 2 aromatic rings. The molecule has 0 bridgehead atoms. The number of hydrogen-bond acceptors (Lipinski definition) is 3. The van der Waals surface area contributed by atoms with E-state index in [1.165, 1.54) is 12.8 Å². The molecule has 142 valence electrons. The maximum atomic E-state index is 12.4. The Hall–Kier alpha value is -2.82. The van der Waals surface area contributed by atoms with Gasteiger partial charge in [0.25, 0.3) is 5.91 Å². The summed E-state index contributed by atoms with van der Waals surface area (Å²) in [6, 6.07) is 17.1. The van der Waals surface area contributed by atoms with E-state index in [-0.39, 0.29) is 18.4 Å². The molecule has 0 saturated carbocycles. The highest BCUT2D eigenvalue weighted by molar-refractivity contribution is 5.95. The van der Waals surface area contributed by atoms with E-state index >= 15 is 0 Å². The molecule has 27 heavy (non-hydrogen) atoms. The highest BCUT2D eigenvalue weighted by Crippen LogP contribution is 2.13. The molecule has 0 radical (unpaired) electrons. The van der Waals surface area contributed by atoms with Gasteiger partial charge in [-0.15, -0.1) is 0 Å². The number of hydrogen-bond donors (Lipinski definition) is 2. The Balaban J connectivity index is 1.52. The monoisotopic (exact) mass is 365 g/mol. The van der Waals surface area contributed by atoms with E-state index in [0.29, 0.717) is 12.1 Å². The number of carbonyl (C=O) groups excluding carboxylic acids is 2. The van der Waals surface area contributed by atoms with E-state index in [1.54, 1.807) is 12.1 Å². The van der Waals surface area contributed by atoms with Crippen molar-refractivity contribution in [1.29, 1.82) is 0 Å². The van der Waals surface area contributed by atoms with Crippen molar-refractivity contribution in [2.24, 2.45) is 0 Å². The molecule has 5 nitrogen and oxygen atoms in total. The number of rotatable bonds is 6. The van der Waals surface area contributed by atoms with E-state index in [2.05, 4.69) is 10.6 Å². The Morgan fingerprint density at radius 2 is 1.63 bits per heavy atom. The van der Waals surface area contributed by atoms with Crippen LogP contribution in [0.5, 0.6) is 0 Å². The average molecular weight is 365 g/mol. The van der Waals surface area contributed by atoms with Gasteiger partial charge in [0.15, 0.2) is 0 Å². The van der Waals surface area contributed by atoms with Gasteiger partial charge < -0.3 is 15.5 Å². The third-order valence-corrected chi connectivity index (χ3v) is 4.82. The molecular formula is C22H27N3O2. The fourth-order valence-electron chi connectivity index (χ4n) is 3.26. The molecule has 1 aliphatic heterocycles. The molecule has 1 fully saturated rings. The Morgan fingerprint density at radius 3 is 2.37 bits per heavy atom. The van der Waals surface area contributed by atoms with Gasteiger partial charge in [-0.25, -0.2) is 0 Å². The Labute approximate surface area is 160 Å². The number of anilines is 1. The molecule has 1 aliphatic rings. The Kier molecular flexibility index (Phi) is 6.85. The topological polar surface area (TPSA) is 61.4 Å². The van der Waals surface area contributed by atoms with E-state index < -0.39 is 0 Å². The van der Waals surface area contributed by atoms with Crippen molar-refractivity contribution in [1.82, 2.24) is 10.2 Å². The summed E-state index contributed by atoms with van der Waals surface area (Å²) in [6.07, 6.45) is 4.58. The van der Waals surface area contributed by atoms with E-state index in [1.807, 2.05) is 47.4 Å². The summed E-state index contributed by atoms with van der Waals surface area (Å²) in [4.78, 5) is 26.7. The lowest BCUT2D eigenvalue weighted by atomic mass is 10.1. The highest BCUT2D eigenvalue weighted by atomic mass is 16.2. The first-order valence-corrected chi connectivity index (χ1v) is 9.66. The second-order valence-electron chi connectivity index (χ2n) is 6.90. The molecule has 0 aliphatic carbocycles. The number of amides is 2. The number of benzene rings is 2. The van der Waals surface area contributed by atoms with Crippen molar-refractivity contribution >= 4 is 17.5 Å². The highest BCUT2D eigenvalue weighted by Gasteiger charge is 2.15. The van der Waals surface area contributed by atoms with Gasteiger partial charge >= 0.3 is 0 Å². The van der Waals surface area contributed by atoms with Crippen LogP contribution in [0.25, 0.3) is 0 Å². The van der Waals surface area contributed by atoms with Crippen LogP contribution in [-0.4, -0.2) is 36.3 Å². The summed E-state index contributed by atoms with van der Waals surface area (Å²) >= 11 is 0. The lowest BCUT2D eigenvalue weighted by Gasteiger charge is -2.20. The normalized spacial score (nSPS) is 14.3. The first-order chi connectivity index (χ1) is 13.2. The van der Waals surface area contributed by atoms with Crippen LogP contribution in [0.2, 0.25) is 0 Å². The third-order valence-electron chi connectivity index (χ3n) is 4.82. The largest absolute Gasteiger partial charge is 0.376 e. The Bertz CT molecular complexity index is 753. The summed E-state index contributed by atoms with van der Waals surface area (Å²) < 4.78 is 0. The second kappa shape index (κ2) is 9.76. The quantitative estimate of drug-likeness (QED) is 0.824. The second-order valence-corrected chi connectivity index (χ2v) is 6.90. The predicted molar refractivity (Wildman–Crippen MR) is 108 cm³/mol. The molecule has 5 heteroatoms. The molecular weight excluding hydrogens is 338 g/mol. The van der Waals surface area contributed by atoms with E-state index in [9.17, 15) is 9.59 Å². The van der Waals surface area contributed by atoms with Crippen LogP contribution in [0.3, 0.4) is 0 Å². The van der Waals surface area contributed by atoms with Crippen LogP contribution in [0, 0.1) is 0 Å². The van der Waals surface area contributed by atoms with E-state index in [0.717, 1.165) is 37.2 Å². The van der Waals surface area contributed by atoms with Gasteiger partial charge in [-0.1, -0.05) is 49.2 Å². The first kappa shape index (κ1) is 19.0. The fourth-order valence-corrected chi connectivity index (χ4v) is 3.26. The van der Waals surface area contributed by atoms with Crippen molar-refractivity contribution < 1.29 is 9.59 Å². The molecule has 0 spiro atoms. The number of nitrogens with zero attached hydrogens (tertiary/aromatic N) is 1. The first-order valence-electron chi connectivity index (χ1n) is 9.66. The van der Waals surface area contributed by atoms with Gasteiger partial charge in [0.2, 0.25) is 5.91 Å². The van der Waals surface area contributed by atoms with Crippen molar-refractivity contribution in [3.05, 3.63) is 65.7 Å². The summed E-state index contributed by atoms with van der Waals surface area (Å²) in [7, 11) is 0. The lowest BCUT2D eigenvalue weighted by Crippen LogP contribution is -2.36. The van der Waals surface area contributed by atoms with Crippen LogP contribution in [0.4, 0.5) is 5.69 Å². The minimum atomic E-state index is -0.124. The average Bonchev–Trinajstić information content (AvgIpc) is 3.01. The van der Waals surface area contributed by atoms with Gasteiger partial charge in [-0.05, 0) is 36.6 Å². The van der Waals surface area contributed by atoms with Gasteiger partial charge in [-0.3, -0.25) is 9.59 Å². The summed E-state index contributed by atoms with van der Waals surface area (Å²) in [5.74, 6) is -0.00261. The summed E-state index contributed by atoms with van der Waals surface area (Å²) in [5, 5.41) is 6.08. The van der Waals surface area contributed by atoms with Gasteiger partial charge in [0.1, 0.15) is 0 Å². The molecule has 2 aromatic carbocycles. The van der Waals surface area contributed by atoms with Crippen molar-refractivity contribution in [3.8, 4) is 0 Å². The number of carbonyl (C=O) groups is 2. The van der Waals surface area contributed by atoms with Crippen LogP contribution in [0.1, 0.15) is 41.6 Å². The standard InChI is InChI=1S/C22H27N3O2/c26-21(25-13-6-1-2-7-14-25)17-23-20-12-8-11-19(15-20)22(27)24-16-18-9-4-3-5-10-18/h3-5,8-12,15,23H,1-2,6-7,13-14,16-17H2,(H,24,27). The van der Waals surface area contributed by atoms with Crippen molar-refractivity contribution in [2.75, 3.05) is 25.0 Å². The lowest BCUT2D eigenvalue weighted by molar-refractivity contribution is -0.129. The number of likely N-dealkylation sites (tertiary alicyclic amines) is 1. The van der Waals surface area contributed by atoms with Gasteiger partial charge in [0.05, 0.1) is 6.54 Å². The van der Waals surface area contributed by atoms with Crippen molar-refractivity contribution in [3.63, 3.8) is 0 Å². The van der Waals surface area contributed by atoms with Crippen LogP contribution < -0.4 is 10.6 Å². The smallest absolute Gasteiger partial charge is 0.251 e. The molecule has 0 aromatic heterocycles.